The predicted octanol–water partition coefficient (Wildman–Crippen LogP) is 2.05. The summed E-state index contributed by atoms with van der Waals surface area (Å²) in [6.07, 6.45) is 5.22. The molecule has 0 radical (unpaired) electrons. The van der Waals surface area contributed by atoms with Crippen LogP contribution in [0.15, 0.2) is 0 Å². The van der Waals surface area contributed by atoms with Gasteiger partial charge in [0, 0.05) is 19.3 Å². The van der Waals surface area contributed by atoms with Gasteiger partial charge < -0.3 is 10.2 Å². The molecule has 0 bridgehead atoms. The van der Waals surface area contributed by atoms with Crippen LogP contribution in [0, 0.1) is 11.8 Å². The molecular formula is C11H20O2. The van der Waals surface area contributed by atoms with Crippen LogP contribution in [-0.2, 0) is 0 Å². The topological polar surface area (TPSA) is 40.5 Å². The molecule has 2 N–H and O–H groups in total. The van der Waals surface area contributed by atoms with Crippen molar-refractivity contribution in [3.63, 3.8) is 0 Å². The van der Waals surface area contributed by atoms with Gasteiger partial charge in [-0.15, -0.1) is 11.8 Å². The third-order valence-corrected chi connectivity index (χ3v) is 1.73. The van der Waals surface area contributed by atoms with Crippen LogP contribution in [0.2, 0.25) is 0 Å². The lowest BCUT2D eigenvalue weighted by atomic mass is 10.1. The average molecular weight is 184 g/mol. The highest BCUT2D eigenvalue weighted by Crippen LogP contribution is 2.08. The summed E-state index contributed by atoms with van der Waals surface area (Å²) in [5.41, 5.74) is 0. The van der Waals surface area contributed by atoms with Crippen LogP contribution in [0.3, 0.4) is 0 Å². The Morgan fingerprint density at radius 1 is 1.08 bits per heavy atom. The van der Waals surface area contributed by atoms with Crippen molar-refractivity contribution in [2.45, 2.75) is 58.2 Å². The molecule has 13 heavy (non-hydrogen) atoms. The minimum Gasteiger partial charge on any atom is -0.366 e. The minimum absolute atomic E-state index is 0.398. The van der Waals surface area contributed by atoms with Gasteiger partial charge in [0.15, 0.2) is 5.79 Å². The first-order valence-corrected chi connectivity index (χ1v) is 4.96. The zero-order valence-electron chi connectivity index (χ0n) is 8.64. The molecule has 0 aliphatic carbocycles. The zero-order chi connectivity index (χ0) is 10.2. The van der Waals surface area contributed by atoms with E-state index in [2.05, 4.69) is 18.8 Å². The van der Waals surface area contributed by atoms with E-state index in [1.165, 1.54) is 13.3 Å². The van der Waals surface area contributed by atoms with E-state index in [9.17, 15) is 0 Å². The Hall–Kier alpha value is -0.520. The summed E-state index contributed by atoms with van der Waals surface area (Å²) < 4.78 is 0. The van der Waals surface area contributed by atoms with Gasteiger partial charge in [-0.2, -0.15) is 0 Å². The van der Waals surface area contributed by atoms with Crippen molar-refractivity contribution < 1.29 is 10.2 Å². The molecule has 0 rings (SSSR count). The second kappa shape index (κ2) is 6.94. The van der Waals surface area contributed by atoms with Gasteiger partial charge in [-0.3, -0.25) is 0 Å². The van der Waals surface area contributed by atoms with Gasteiger partial charge >= 0.3 is 0 Å². The quantitative estimate of drug-likeness (QED) is 0.390. The van der Waals surface area contributed by atoms with Gasteiger partial charge in [0.2, 0.25) is 0 Å². The fourth-order valence-electron chi connectivity index (χ4n) is 0.954. The monoisotopic (exact) mass is 184 g/mol. The summed E-state index contributed by atoms with van der Waals surface area (Å²) >= 11 is 0. The van der Waals surface area contributed by atoms with Gasteiger partial charge in [0.1, 0.15) is 0 Å². The molecule has 0 saturated heterocycles. The number of hydrogen-bond acceptors (Lipinski definition) is 2. The molecule has 0 aromatic heterocycles. The molecule has 0 aliphatic rings. The van der Waals surface area contributed by atoms with Crippen molar-refractivity contribution >= 4 is 0 Å². The van der Waals surface area contributed by atoms with Crippen LogP contribution in [0.25, 0.3) is 0 Å². The summed E-state index contributed by atoms with van der Waals surface area (Å²) in [7, 11) is 0. The fourth-order valence-corrected chi connectivity index (χ4v) is 0.954. The molecule has 2 nitrogen and oxygen atoms in total. The average Bonchev–Trinajstić information content (AvgIpc) is 2.01. The van der Waals surface area contributed by atoms with E-state index in [1.54, 1.807) is 0 Å². The smallest absolute Gasteiger partial charge is 0.159 e. The summed E-state index contributed by atoms with van der Waals surface area (Å²) in [5.74, 6) is 4.56. The SMILES string of the molecule is CCCCC#CCCCC(C)(O)O. The number of hydrogen-bond donors (Lipinski definition) is 2. The Kier molecular flexibility index (Phi) is 6.66. The Morgan fingerprint density at radius 2 is 1.62 bits per heavy atom. The summed E-state index contributed by atoms with van der Waals surface area (Å²) in [6.45, 7) is 3.54. The van der Waals surface area contributed by atoms with E-state index in [-0.39, 0.29) is 0 Å². The minimum atomic E-state index is -1.52. The maximum Gasteiger partial charge on any atom is 0.159 e. The van der Waals surface area contributed by atoms with E-state index in [4.69, 9.17) is 10.2 Å². The zero-order valence-corrected chi connectivity index (χ0v) is 8.64. The van der Waals surface area contributed by atoms with E-state index in [0.717, 1.165) is 25.7 Å². The highest BCUT2D eigenvalue weighted by Gasteiger charge is 2.12. The lowest BCUT2D eigenvalue weighted by molar-refractivity contribution is -0.149. The van der Waals surface area contributed by atoms with Crippen molar-refractivity contribution in [3.8, 4) is 11.8 Å². The molecule has 0 unspecified atom stereocenters. The Morgan fingerprint density at radius 3 is 2.08 bits per heavy atom. The van der Waals surface area contributed by atoms with Gasteiger partial charge in [-0.05, 0) is 19.8 Å². The number of aliphatic hydroxyl groups is 2. The van der Waals surface area contributed by atoms with Gasteiger partial charge in [0.25, 0.3) is 0 Å². The molecule has 0 atom stereocenters. The molecule has 0 aliphatic heterocycles. The lowest BCUT2D eigenvalue weighted by Gasteiger charge is -2.13. The highest BCUT2D eigenvalue weighted by molar-refractivity contribution is 4.98. The first-order chi connectivity index (χ1) is 6.06. The van der Waals surface area contributed by atoms with Crippen molar-refractivity contribution in [1.82, 2.24) is 0 Å². The highest BCUT2D eigenvalue weighted by atomic mass is 16.5. The molecule has 0 spiro atoms. The molecule has 0 aromatic carbocycles. The molecule has 0 fully saturated rings. The molecule has 0 heterocycles. The standard InChI is InChI=1S/C11H20O2/c1-3-4-5-6-7-8-9-10-11(2,12)13/h12-13H,3-5,8-10H2,1-2H3. The predicted molar refractivity (Wildman–Crippen MR) is 54.0 cm³/mol. The van der Waals surface area contributed by atoms with E-state index >= 15 is 0 Å². The summed E-state index contributed by atoms with van der Waals surface area (Å²) in [4.78, 5) is 0. The second-order valence-corrected chi connectivity index (χ2v) is 3.53. The fraction of sp³-hybridized carbons (Fsp3) is 0.818. The van der Waals surface area contributed by atoms with E-state index in [0.29, 0.717) is 6.42 Å². The van der Waals surface area contributed by atoms with Crippen molar-refractivity contribution in [2.75, 3.05) is 0 Å². The maximum atomic E-state index is 8.97. The van der Waals surface area contributed by atoms with Gasteiger partial charge in [-0.1, -0.05) is 13.3 Å². The van der Waals surface area contributed by atoms with Crippen LogP contribution in [0.1, 0.15) is 52.4 Å². The van der Waals surface area contributed by atoms with Crippen molar-refractivity contribution in [3.05, 3.63) is 0 Å². The third kappa shape index (κ3) is 11.5. The van der Waals surface area contributed by atoms with Crippen LogP contribution in [0.5, 0.6) is 0 Å². The molecule has 0 saturated carbocycles. The van der Waals surface area contributed by atoms with Crippen LogP contribution in [-0.4, -0.2) is 16.0 Å². The summed E-state index contributed by atoms with van der Waals surface area (Å²) in [5, 5.41) is 17.9. The normalized spacial score (nSPS) is 10.8. The first-order valence-electron chi connectivity index (χ1n) is 4.96. The number of rotatable bonds is 5. The van der Waals surface area contributed by atoms with Crippen LogP contribution < -0.4 is 0 Å². The Labute approximate surface area is 81.0 Å². The molecular weight excluding hydrogens is 164 g/mol. The maximum absolute atomic E-state index is 8.97. The second-order valence-electron chi connectivity index (χ2n) is 3.53. The van der Waals surface area contributed by atoms with E-state index < -0.39 is 5.79 Å². The molecule has 0 amide bonds. The number of unbranched alkanes of at least 4 members (excludes halogenated alkanes) is 3. The first kappa shape index (κ1) is 12.5. The largest absolute Gasteiger partial charge is 0.366 e. The van der Waals surface area contributed by atoms with Crippen LogP contribution >= 0.6 is 0 Å². The summed E-state index contributed by atoms with van der Waals surface area (Å²) in [6, 6.07) is 0. The van der Waals surface area contributed by atoms with Gasteiger partial charge in [-0.25, -0.2) is 0 Å². The third-order valence-electron chi connectivity index (χ3n) is 1.73. The van der Waals surface area contributed by atoms with Crippen molar-refractivity contribution in [2.24, 2.45) is 0 Å². The van der Waals surface area contributed by atoms with Crippen molar-refractivity contribution in [1.29, 1.82) is 0 Å². The van der Waals surface area contributed by atoms with E-state index in [1.807, 2.05) is 0 Å². The molecule has 76 valence electrons. The lowest BCUT2D eigenvalue weighted by Crippen LogP contribution is -2.22. The Bertz CT molecular complexity index is 169. The molecule has 2 heteroatoms. The van der Waals surface area contributed by atoms with Crippen LogP contribution in [0.4, 0.5) is 0 Å². The van der Waals surface area contributed by atoms with Gasteiger partial charge in [0.05, 0.1) is 0 Å². The molecule has 0 aromatic rings. The Balaban J connectivity index is 3.28.